The SMILES string of the molecule is CCCNC(C)C1CCCN(CC2CCC(C)O2)C1. The molecule has 0 aromatic rings. The Morgan fingerprint density at radius 2 is 2.16 bits per heavy atom. The van der Waals surface area contributed by atoms with Crippen molar-refractivity contribution in [1.82, 2.24) is 10.2 Å². The minimum absolute atomic E-state index is 0.482. The lowest BCUT2D eigenvalue weighted by Gasteiger charge is -2.37. The minimum Gasteiger partial charge on any atom is -0.374 e. The maximum Gasteiger partial charge on any atom is 0.0706 e. The fraction of sp³-hybridized carbons (Fsp3) is 1.00. The lowest BCUT2D eigenvalue weighted by molar-refractivity contribution is 0.0197. The molecule has 3 heteroatoms. The van der Waals surface area contributed by atoms with Crippen molar-refractivity contribution >= 4 is 0 Å². The van der Waals surface area contributed by atoms with E-state index in [1.165, 1.54) is 45.2 Å². The van der Waals surface area contributed by atoms with E-state index >= 15 is 0 Å². The van der Waals surface area contributed by atoms with Crippen LogP contribution in [0.1, 0.15) is 52.9 Å². The van der Waals surface area contributed by atoms with Gasteiger partial charge in [0.2, 0.25) is 0 Å². The predicted molar refractivity (Wildman–Crippen MR) is 80.5 cm³/mol. The highest BCUT2D eigenvalue weighted by Gasteiger charge is 2.28. The average Bonchev–Trinajstić information content (AvgIpc) is 2.81. The molecule has 0 aromatic heterocycles. The molecule has 112 valence electrons. The lowest BCUT2D eigenvalue weighted by atomic mass is 9.91. The van der Waals surface area contributed by atoms with Crippen LogP contribution in [-0.4, -0.2) is 49.3 Å². The van der Waals surface area contributed by atoms with Crippen molar-refractivity contribution in [2.24, 2.45) is 5.92 Å². The highest BCUT2D eigenvalue weighted by atomic mass is 16.5. The van der Waals surface area contributed by atoms with Gasteiger partial charge >= 0.3 is 0 Å². The number of hydrogen-bond donors (Lipinski definition) is 1. The smallest absolute Gasteiger partial charge is 0.0706 e. The lowest BCUT2D eigenvalue weighted by Crippen LogP contribution is -2.46. The summed E-state index contributed by atoms with van der Waals surface area (Å²) in [5.41, 5.74) is 0. The van der Waals surface area contributed by atoms with E-state index in [2.05, 4.69) is 31.0 Å². The normalized spacial score (nSPS) is 34.6. The molecule has 2 aliphatic heterocycles. The number of nitrogens with zero attached hydrogens (tertiary/aromatic N) is 1. The van der Waals surface area contributed by atoms with E-state index in [0.29, 0.717) is 18.2 Å². The topological polar surface area (TPSA) is 24.5 Å². The maximum absolute atomic E-state index is 5.97. The van der Waals surface area contributed by atoms with Gasteiger partial charge in [0.15, 0.2) is 0 Å². The summed E-state index contributed by atoms with van der Waals surface area (Å²) >= 11 is 0. The van der Waals surface area contributed by atoms with E-state index in [1.807, 2.05) is 0 Å². The van der Waals surface area contributed by atoms with Crippen LogP contribution in [0.25, 0.3) is 0 Å². The van der Waals surface area contributed by atoms with Crippen molar-refractivity contribution in [1.29, 1.82) is 0 Å². The maximum atomic E-state index is 5.97. The molecule has 0 radical (unpaired) electrons. The molecule has 0 aliphatic carbocycles. The third-order valence-electron chi connectivity index (χ3n) is 4.75. The van der Waals surface area contributed by atoms with Gasteiger partial charge in [-0.05, 0) is 65.0 Å². The van der Waals surface area contributed by atoms with Gasteiger partial charge in [-0.1, -0.05) is 6.92 Å². The molecule has 3 nitrogen and oxygen atoms in total. The molecule has 4 unspecified atom stereocenters. The number of hydrogen-bond acceptors (Lipinski definition) is 3. The highest BCUT2D eigenvalue weighted by molar-refractivity contribution is 4.83. The quantitative estimate of drug-likeness (QED) is 0.801. The number of nitrogens with one attached hydrogen (secondary N) is 1. The summed E-state index contributed by atoms with van der Waals surface area (Å²) in [4.78, 5) is 2.64. The zero-order valence-corrected chi connectivity index (χ0v) is 13.0. The molecule has 2 fully saturated rings. The van der Waals surface area contributed by atoms with Crippen LogP contribution < -0.4 is 5.32 Å². The molecule has 2 saturated heterocycles. The van der Waals surface area contributed by atoms with Crippen LogP contribution >= 0.6 is 0 Å². The molecule has 0 amide bonds. The van der Waals surface area contributed by atoms with Crippen LogP contribution in [0.3, 0.4) is 0 Å². The zero-order valence-electron chi connectivity index (χ0n) is 13.0. The molecule has 19 heavy (non-hydrogen) atoms. The van der Waals surface area contributed by atoms with E-state index in [9.17, 15) is 0 Å². The van der Waals surface area contributed by atoms with Gasteiger partial charge in [0, 0.05) is 19.1 Å². The Morgan fingerprint density at radius 3 is 2.84 bits per heavy atom. The summed E-state index contributed by atoms with van der Waals surface area (Å²) in [6, 6.07) is 0.658. The van der Waals surface area contributed by atoms with Crippen molar-refractivity contribution in [2.75, 3.05) is 26.2 Å². The summed E-state index contributed by atoms with van der Waals surface area (Å²) < 4.78 is 5.97. The van der Waals surface area contributed by atoms with Gasteiger partial charge in [0.25, 0.3) is 0 Å². The Hall–Kier alpha value is -0.120. The summed E-state index contributed by atoms with van der Waals surface area (Å²) in [6.07, 6.45) is 7.45. The van der Waals surface area contributed by atoms with Gasteiger partial charge in [-0.3, -0.25) is 0 Å². The standard InChI is InChI=1S/C16H32N2O/c1-4-9-17-14(3)15-6-5-10-18(11-15)12-16-8-7-13(2)19-16/h13-17H,4-12H2,1-3H3. The molecular formula is C16H32N2O. The molecule has 0 aromatic carbocycles. The van der Waals surface area contributed by atoms with E-state index < -0.39 is 0 Å². The molecular weight excluding hydrogens is 236 g/mol. The van der Waals surface area contributed by atoms with E-state index in [1.54, 1.807) is 0 Å². The van der Waals surface area contributed by atoms with Gasteiger partial charge in [-0.25, -0.2) is 0 Å². The van der Waals surface area contributed by atoms with Crippen LogP contribution in [0.15, 0.2) is 0 Å². The second kappa shape index (κ2) is 7.61. The van der Waals surface area contributed by atoms with Crippen LogP contribution in [0.2, 0.25) is 0 Å². The third-order valence-corrected chi connectivity index (χ3v) is 4.75. The Balaban J connectivity index is 1.73. The fourth-order valence-corrected chi connectivity index (χ4v) is 3.51. The van der Waals surface area contributed by atoms with Gasteiger partial charge in [0.05, 0.1) is 12.2 Å². The predicted octanol–water partition coefficient (Wildman–Crippen LogP) is 2.65. The second-order valence-electron chi connectivity index (χ2n) is 6.55. The van der Waals surface area contributed by atoms with Crippen molar-refractivity contribution in [3.05, 3.63) is 0 Å². The first kappa shape index (κ1) is 15.3. The zero-order chi connectivity index (χ0) is 13.7. The summed E-state index contributed by atoms with van der Waals surface area (Å²) in [5.74, 6) is 0.819. The number of ether oxygens (including phenoxy) is 1. The Bertz CT molecular complexity index is 259. The first-order chi connectivity index (χ1) is 9.19. The first-order valence-electron chi connectivity index (χ1n) is 8.30. The summed E-state index contributed by atoms with van der Waals surface area (Å²) in [6.45, 7) is 11.6. The van der Waals surface area contributed by atoms with Crippen molar-refractivity contribution in [2.45, 2.75) is 71.1 Å². The Labute approximate surface area is 119 Å². The molecule has 0 bridgehead atoms. The largest absolute Gasteiger partial charge is 0.374 e. The van der Waals surface area contributed by atoms with Crippen LogP contribution in [0, 0.1) is 5.92 Å². The molecule has 2 aliphatic rings. The average molecular weight is 268 g/mol. The summed E-state index contributed by atoms with van der Waals surface area (Å²) in [7, 11) is 0. The molecule has 0 spiro atoms. The van der Waals surface area contributed by atoms with Crippen molar-refractivity contribution < 1.29 is 4.74 Å². The molecule has 0 saturated carbocycles. The van der Waals surface area contributed by atoms with E-state index in [4.69, 9.17) is 4.74 Å². The van der Waals surface area contributed by atoms with Gasteiger partial charge < -0.3 is 15.0 Å². The number of likely N-dealkylation sites (tertiary alicyclic amines) is 1. The molecule has 2 heterocycles. The van der Waals surface area contributed by atoms with Crippen molar-refractivity contribution in [3.8, 4) is 0 Å². The molecule has 2 rings (SSSR count). The molecule has 4 atom stereocenters. The van der Waals surface area contributed by atoms with Gasteiger partial charge in [-0.2, -0.15) is 0 Å². The van der Waals surface area contributed by atoms with Gasteiger partial charge in [0.1, 0.15) is 0 Å². The van der Waals surface area contributed by atoms with Gasteiger partial charge in [-0.15, -0.1) is 0 Å². The van der Waals surface area contributed by atoms with E-state index in [-0.39, 0.29) is 0 Å². The second-order valence-corrected chi connectivity index (χ2v) is 6.55. The Morgan fingerprint density at radius 1 is 1.32 bits per heavy atom. The van der Waals surface area contributed by atoms with Crippen LogP contribution in [0.5, 0.6) is 0 Å². The minimum atomic E-state index is 0.482. The fourth-order valence-electron chi connectivity index (χ4n) is 3.51. The van der Waals surface area contributed by atoms with E-state index in [0.717, 1.165) is 19.0 Å². The highest BCUT2D eigenvalue weighted by Crippen LogP contribution is 2.24. The first-order valence-corrected chi connectivity index (χ1v) is 8.30. The van der Waals surface area contributed by atoms with Crippen LogP contribution in [-0.2, 0) is 4.74 Å². The third kappa shape index (κ3) is 4.73. The molecule has 1 N–H and O–H groups in total. The Kier molecular flexibility index (Phi) is 6.11. The van der Waals surface area contributed by atoms with Crippen LogP contribution in [0.4, 0.5) is 0 Å². The number of rotatable bonds is 6. The summed E-state index contributed by atoms with van der Waals surface area (Å²) in [5, 5.41) is 3.67. The van der Waals surface area contributed by atoms with Crippen molar-refractivity contribution in [3.63, 3.8) is 0 Å². The monoisotopic (exact) mass is 268 g/mol. The number of piperidine rings is 1.